The summed E-state index contributed by atoms with van der Waals surface area (Å²) in [6, 6.07) is 11.6. The molecule has 1 saturated heterocycles. The third-order valence-corrected chi connectivity index (χ3v) is 6.01. The maximum Gasteiger partial charge on any atom is 0.238 e. The van der Waals surface area contributed by atoms with Crippen molar-refractivity contribution in [1.29, 1.82) is 5.26 Å². The van der Waals surface area contributed by atoms with E-state index in [9.17, 15) is 4.79 Å². The van der Waals surface area contributed by atoms with Crippen LogP contribution in [0.4, 0.5) is 11.6 Å². The van der Waals surface area contributed by atoms with Gasteiger partial charge >= 0.3 is 0 Å². The Labute approximate surface area is 197 Å². The third kappa shape index (κ3) is 4.20. The molecule has 1 fully saturated rings. The molecule has 1 aliphatic rings. The average Bonchev–Trinajstić information content (AvgIpc) is 2.80. The Balaban J connectivity index is 1.70. The van der Waals surface area contributed by atoms with Gasteiger partial charge in [-0.1, -0.05) is 49.7 Å². The van der Waals surface area contributed by atoms with Crippen LogP contribution in [0.15, 0.2) is 48.9 Å². The monoisotopic (exact) mass is 462 g/mol. The molecule has 0 saturated carbocycles. The lowest BCUT2D eigenvalue weighted by molar-refractivity contribution is -0.122. The van der Waals surface area contributed by atoms with Crippen LogP contribution in [0.1, 0.15) is 36.5 Å². The lowest BCUT2D eigenvalue weighted by Gasteiger charge is -2.50. The van der Waals surface area contributed by atoms with E-state index in [0.29, 0.717) is 36.0 Å². The number of aromatic nitrogens is 3. The van der Waals surface area contributed by atoms with Crippen molar-refractivity contribution in [2.24, 2.45) is 0 Å². The van der Waals surface area contributed by atoms with Gasteiger partial charge in [0, 0.05) is 19.2 Å². The van der Waals surface area contributed by atoms with Crippen LogP contribution in [-0.2, 0) is 10.2 Å². The van der Waals surface area contributed by atoms with Crippen molar-refractivity contribution in [3.63, 3.8) is 0 Å². The number of pyridine rings is 1. The van der Waals surface area contributed by atoms with Crippen molar-refractivity contribution in [1.82, 2.24) is 15.0 Å². The van der Waals surface area contributed by atoms with Crippen molar-refractivity contribution < 1.29 is 9.53 Å². The molecule has 1 aliphatic heterocycles. The topological polar surface area (TPSA) is 104 Å². The molecule has 33 heavy (non-hydrogen) atoms. The van der Waals surface area contributed by atoms with Gasteiger partial charge in [0.05, 0.1) is 31.3 Å². The smallest absolute Gasteiger partial charge is 0.238 e. The first-order valence-electron chi connectivity index (χ1n) is 10.5. The number of carbonyl (C=O) groups is 1. The molecule has 0 spiro atoms. The van der Waals surface area contributed by atoms with Crippen LogP contribution in [0.2, 0.25) is 5.15 Å². The summed E-state index contributed by atoms with van der Waals surface area (Å²) in [5.41, 5.74) is 2.07. The Hall–Kier alpha value is -3.70. The highest BCUT2D eigenvalue weighted by atomic mass is 35.5. The van der Waals surface area contributed by atoms with E-state index in [4.69, 9.17) is 21.6 Å². The molecule has 3 heterocycles. The molecule has 1 aromatic carbocycles. The lowest BCUT2D eigenvalue weighted by atomic mass is 9.69. The largest absolute Gasteiger partial charge is 0.494 e. The predicted molar refractivity (Wildman–Crippen MR) is 126 cm³/mol. The molecule has 0 aliphatic carbocycles. The number of anilines is 2. The summed E-state index contributed by atoms with van der Waals surface area (Å²) in [6.07, 6.45) is 4.45. The summed E-state index contributed by atoms with van der Waals surface area (Å²) in [5, 5.41) is 12.3. The molecule has 9 heteroatoms. The van der Waals surface area contributed by atoms with Crippen LogP contribution in [0.25, 0.3) is 0 Å². The Morgan fingerprint density at radius 1 is 1.21 bits per heavy atom. The van der Waals surface area contributed by atoms with Crippen molar-refractivity contribution >= 4 is 29.1 Å². The molecule has 0 radical (unpaired) electrons. The number of nitrogens with zero attached hydrogens (tertiary/aromatic N) is 5. The summed E-state index contributed by atoms with van der Waals surface area (Å²) in [6.45, 7) is 4.99. The summed E-state index contributed by atoms with van der Waals surface area (Å²) < 4.78 is 5.38. The molecule has 2 aromatic heterocycles. The number of ether oxygens (including phenoxy) is 1. The van der Waals surface area contributed by atoms with E-state index in [1.54, 1.807) is 6.07 Å². The van der Waals surface area contributed by atoms with Gasteiger partial charge in [-0.15, -0.1) is 0 Å². The van der Waals surface area contributed by atoms with E-state index >= 15 is 0 Å². The van der Waals surface area contributed by atoms with Crippen molar-refractivity contribution in [3.8, 4) is 11.8 Å². The lowest BCUT2D eigenvalue weighted by Crippen LogP contribution is -2.66. The van der Waals surface area contributed by atoms with E-state index in [0.717, 1.165) is 11.1 Å². The molecule has 0 unspecified atom stereocenters. The highest BCUT2D eigenvalue weighted by Gasteiger charge is 2.52. The first-order chi connectivity index (χ1) is 15.9. The van der Waals surface area contributed by atoms with Gasteiger partial charge in [-0.3, -0.25) is 4.79 Å². The van der Waals surface area contributed by atoms with Gasteiger partial charge in [-0.2, -0.15) is 5.26 Å². The van der Waals surface area contributed by atoms with E-state index in [-0.39, 0.29) is 17.0 Å². The molecule has 168 valence electrons. The third-order valence-electron chi connectivity index (χ3n) is 5.81. The van der Waals surface area contributed by atoms with Crippen LogP contribution in [0.3, 0.4) is 0 Å². The maximum absolute atomic E-state index is 13.8. The number of amides is 1. The first kappa shape index (κ1) is 22.5. The zero-order chi connectivity index (χ0) is 23.6. The average molecular weight is 463 g/mol. The predicted octanol–water partition coefficient (Wildman–Crippen LogP) is 3.93. The number of methoxy groups -OCH3 is 1. The number of hydrogen-bond donors (Lipinski definition) is 1. The van der Waals surface area contributed by atoms with Gasteiger partial charge in [0.15, 0.2) is 0 Å². The van der Waals surface area contributed by atoms with Crippen molar-refractivity contribution in [2.45, 2.75) is 25.2 Å². The Kier molecular flexibility index (Phi) is 6.16. The molecular formula is C24H23ClN6O2. The summed E-state index contributed by atoms with van der Waals surface area (Å²) >= 11 is 5.98. The first-order valence-corrected chi connectivity index (χ1v) is 10.8. The number of nitrogens with one attached hydrogen (secondary N) is 1. The van der Waals surface area contributed by atoms with E-state index in [1.807, 2.05) is 29.2 Å². The molecule has 4 rings (SSSR count). The standard InChI is InChI=1S/C24H23ClN6O2/c1-15(2)17-6-4-5-7-18(17)24(13-31(14-24)23-28-10-16(9-26)11-29-23)22(32)30-19-12-27-21(25)8-20(19)33-3/h4-8,10-12,15H,13-14H2,1-3H3,(H,30,32). The minimum atomic E-state index is -0.831. The second-order valence-corrected chi connectivity index (χ2v) is 8.61. The molecular weight excluding hydrogens is 440 g/mol. The highest BCUT2D eigenvalue weighted by molar-refractivity contribution is 6.29. The normalized spacial score (nSPS) is 14.4. The number of hydrogen-bond acceptors (Lipinski definition) is 7. The molecule has 1 N–H and O–H groups in total. The van der Waals surface area contributed by atoms with Crippen LogP contribution in [0.5, 0.6) is 5.75 Å². The number of rotatable bonds is 6. The quantitative estimate of drug-likeness (QED) is 0.553. The summed E-state index contributed by atoms with van der Waals surface area (Å²) in [4.78, 5) is 28.4. The minimum absolute atomic E-state index is 0.178. The van der Waals surface area contributed by atoms with Crippen molar-refractivity contribution in [2.75, 3.05) is 30.4 Å². The van der Waals surface area contributed by atoms with Gasteiger partial charge in [-0.05, 0) is 17.0 Å². The highest BCUT2D eigenvalue weighted by Crippen LogP contribution is 2.41. The molecule has 0 bridgehead atoms. The fourth-order valence-corrected chi connectivity index (χ4v) is 4.23. The number of carbonyl (C=O) groups excluding carboxylic acids is 1. The summed E-state index contributed by atoms with van der Waals surface area (Å²) in [7, 11) is 1.51. The Bertz CT molecular complexity index is 1220. The van der Waals surface area contributed by atoms with Crippen LogP contribution in [-0.4, -0.2) is 41.1 Å². The van der Waals surface area contributed by atoms with E-state index in [1.165, 1.54) is 25.7 Å². The fraction of sp³-hybridized carbons (Fsp3) is 0.292. The van der Waals surface area contributed by atoms with Gasteiger partial charge < -0.3 is 15.0 Å². The number of benzene rings is 1. The maximum atomic E-state index is 13.8. The van der Waals surface area contributed by atoms with E-state index in [2.05, 4.69) is 40.2 Å². The van der Waals surface area contributed by atoms with Crippen LogP contribution >= 0.6 is 11.6 Å². The Morgan fingerprint density at radius 2 is 1.91 bits per heavy atom. The van der Waals surface area contributed by atoms with Gasteiger partial charge in [-0.25, -0.2) is 15.0 Å². The second-order valence-electron chi connectivity index (χ2n) is 8.23. The second kappa shape index (κ2) is 9.04. The zero-order valence-corrected chi connectivity index (χ0v) is 19.3. The number of halogens is 1. The fourth-order valence-electron chi connectivity index (χ4n) is 4.08. The van der Waals surface area contributed by atoms with Gasteiger partial charge in [0.2, 0.25) is 11.9 Å². The summed E-state index contributed by atoms with van der Waals surface area (Å²) in [5.74, 6) is 0.966. The van der Waals surface area contributed by atoms with Crippen LogP contribution < -0.4 is 15.0 Å². The Morgan fingerprint density at radius 3 is 2.55 bits per heavy atom. The van der Waals surface area contributed by atoms with Crippen LogP contribution in [0, 0.1) is 11.3 Å². The molecule has 3 aromatic rings. The molecule has 8 nitrogen and oxygen atoms in total. The zero-order valence-electron chi connectivity index (χ0n) is 18.5. The molecule has 1 amide bonds. The van der Waals surface area contributed by atoms with Gasteiger partial charge in [0.1, 0.15) is 28.1 Å². The van der Waals surface area contributed by atoms with Gasteiger partial charge in [0.25, 0.3) is 0 Å². The van der Waals surface area contributed by atoms with Crippen molar-refractivity contribution in [3.05, 3.63) is 70.8 Å². The molecule has 0 atom stereocenters. The minimum Gasteiger partial charge on any atom is -0.494 e. The number of nitriles is 1. The van der Waals surface area contributed by atoms with E-state index < -0.39 is 5.41 Å². The SMILES string of the molecule is COc1cc(Cl)ncc1NC(=O)C1(c2ccccc2C(C)C)CN(c2ncc(C#N)cn2)C1.